The van der Waals surface area contributed by atoms with E-state index in [1.165, 1.54) is 12.5 Å². The van der Waals surface area contributed by atoms with Gasteiger partial charge in [0.2, 0.25) is 0 Å². The van der Waals surface area contributed by atoms with Gasteiger partial charge in [0.1, 0.15) is 0 Å². The molecule has 0 aliphatic carbocycles. The normalized spacial score (nSPS) is 14.6. The molecule has 20 heavy (non-hydrogen) atoms. The summed E-state index contributed by atoms with van der Waals surface area (Å²) in [6.45, 7) is 22.1. The van der Waals surface area contributed by atoms with Crippen LogP contribution in [-0.4, -0.2) is 41.3 Å². The van der Waals surface area contributed by atoms with E-state index >= 15 is 0 Å². The molecule has 0 saturated carbocycles. The van der Waals surface area contributed by atoms with Crippen LogP contribution in [0.1, 0.15) is 13.3 Å². The van der Waals surface area contributed by atoms with E-state index in [-0.39, 0.29) is 0 Å². The summed E-state index contributed by atoms with van der Waals surface area (Å²) in [6.07, 6.45) is 1.24. The highest BCUT2D eigenvalue weighted by Gasteiger charge is 2.32. The zero-order valence-electron chi connectivity index (χ0n) is 15.7. The first-order valence-electron chi connectivity index (χ1n) is 7.65. The van der Waals surface area contributed by atoms with Gasteiger partial charge in [-0.15, -0.1) is 0 Å². The molecule has 0 spiro atoms. The first-order chi connectivity index (χ1) is 8.72. The van der Waals surface area contributed by atoms with E-state index in [0.717, 1.165) is 0 Å². The first kappa shape index (κ1) is 23.0. The molecule has 0 aromatic carbocycles. The molecule has 0 heterocycles. The maximum Gasteiger partial charge on any atom is 0.310 e. The molecule has 0 rings (SSSR count). The second-order valence-corrected chi connectivity index (χ2v) is 23.3. The van der Waals surface area contributed by atoms with E-state index in [1.54, 1.807) is 7.11 Å². The number of rotatable bonds is 7. The molecule has 0 radical (unpaired) electrons. The Labute approximate surface area is 132 Å². The van der Waals surface area contributed by atoms with Crippen LogP contribution in [0.2, 0.25) is 65.0 Å². The predicted octanol–water partition coefficient (Wildman–Crippen LogP) is 4.79. The van der Waals surface area contributed by atoms with E-state index in [4.69, 9.17) is 12.7 Å². The van der Waals surface area contributed by atoms with Gasteiger partial charge in [0.05, 0.1) is 0 Å². The molecule has 7 heteroatoms. The predicted molar refractivity (Wildman–Crippen MR) is 101 cm³/mol. The van der Waals surface area contributed by atoms with Gasteiger partial charge in [-0.1, -0.05) is 13.3 Å². The summed E-state index contributed by atoms with van der Waals surface area (Å²) < 4.78 is 17.4. The Bertz CT molecular complexity index is 247. The average molecular weight is 355 g/mol. The van der Waals surface area contributed by atoms with Gasteiger partial charge in [0.15, 0.2) is 25.7 Å². The molecule has 0 aliphatic rings. The third-order valence-electron chi connectivity index (χ3n) is 2.34. The van der Waals surface area contributed by atoms with Crippen LogP contribution in [0.5, 0.6) is 0 Å². The van der Waals surface area contributed by atoms with Gasteiger partial charge in [-0.25, -0.2) is 0 Å². The monoisotopic (exact) mass is 354 g/mol. The molecule has 0 saturated heterocycles. The van der Waals surface area contributed by atoms with Crippen molar-refractivity contribution in [2.24, 2.45) is 0 Å². The molecule has 0 aromatic rings. The smallest absolute Gasteiger partial charge is 0.310 e. The van der Waals surface area contributed by atoms with Crippen LogP contribution in [0.3, 0.4) is 0 Å². The van der Waals surface area contributed by atoms with Gasteiger partial charge in [0.25, 0.3) is 0 Å². The summed E-state index contributed by atoms with van der Waals surface area (Å²) in [5.74, 6) is 0. The van der Waals surface area contributed by atoms with Crippen LogP contribution >= 0.6 is 0 Å². The van der Waals surface area contributed by atoms with Crippen molar-refractivity contribution in [1.29, 1.82) is 0 Å². The average Bonchev–Trinajstić information content (AvgIpc) is 2.12. The van der Waals surface area contributed by atoms with E-state index in [1.807, 2.05) is 0 Å². The molecule has 3 nitrogen and oxygen atoms in total. The fourth-order valence-electron chi connectivity index (χ4n) is 1.71. The van der Waals surface area contributed by atoms with Gasteiger partial charge in [-0.05, 0) is 65.0 Å². The molecule has 0 bridgehead atoms. The molecular weight excluding hydrogens is 316 g/mol. The fourth-order valence-corrected chi connectivity index (χ4v) is 13.4. The highest BCUT2D eigenvalue weighted by molar-refractivity contribution is 6.84. The summed E-state index contributed by atoms with van der Waals surface area (Å²) in [6, 6.07) is 1.27. The first-order valence-corrected chi connectivity index (χ1v) is 19.7. The van der Waals surface area contributed by atoms with E-state index < -0.39 is 34.2 Å². The van der Waals surface area contributed by atoms with Gasteiger partial charge < -0.3 is 12.7 Å². The quantitative estimate of drug-likeness (QED) is 0.615. The maximum absolute atomic E-state index is 6.14. The van der Waals surface area contributed by atoms with Gasteiger partial charge >= 0.3 is 8.56 Å². The van der Waals surface area contributed by atoms with Crippen LogP contribution in [0.15, 0.2) is 0 Å². The third-order valence-corrected chi connectivity index (χ3v) is 13.3. The van der Waals surface area contributed by atoms with Crippen LogP contribution in [0, 0.1) is 0 Å². The standard InChI is InChI=1S/C9H26O2Si3.C4H12OSi/c1-8-9-12(2)10-14(6,7)11-13(3,4)5;1-5-6(2,3)4/h12H,8-9H2,1-7H3;1-4H3. The topological polar surface area (TPSA) is 27.7 Å². The highest BCUT2D eigenvalue weighted by Crippen LogP contribution is 2.17. The Kier molecular flexibility index (Phi) is 11.2. The van der Waals surface area contributed by atoms with Crippen molar-refractivity contribution >= 4 is 34.2 Å². The lowest BCUT2D eigenvalue weighted by atomic mass is 10.6. The summed E-state index contributed by atoms with van der Waals surface area (Å²) in [4.78, 5) is 0. The molecule has 0 aromatic heterocycles. The summed E-state index contributed by atoms with van der Waals surface area (Å²) in [7, 11) is -3.56. The molecule has 1 atom stereocenters. The minimum absolute atomic E-state index is 0.958. The Hall–Kier alpha value is 0.748. The summed E-state index contributed by atoms with van der Waals surface area (Å²) in [5, 5.41) is 0. The van der Waals surface area contributed by atoms with E-state index in [2.05, 4.69) is 65.8 Å². The molecule has 0 fully saturated rings. The lowest BCUT2D eigenvalue weighted by molar-refractivity contribution is 0.401. The second kappa shape index (κ2) is 9.70. The van der Waals surface area contributed by atoms with Crippen molar-refractivity contribution in [3.8, 4) is 0 Å². The highest BCUT2D eigenvalue weighted by atomic mass is 28.5. The van der Waals surface area contributed by atoms with E-state index in [0.29, 0.717) is 0 Å². The van der Waals surface area contributed by atoms with Crippen molar-refractivity contribution < 1.29 is 12.7 Å². The van der Waals surface area contributed by atoms with E-state index in [9.17, 15) is 0 Å². The second-order valence-electron chi connectivity index (χ2n) is 7.65. The zero-order chi connectivity index (χ0) is 16.6. The van der Waals surface area contributed by atoms with Crippen LogP contribution < -0.4 is 0 Å². The fraction of sp³-hybridized carbons (Fsp3) is 1.00. The van der Waals surface area contributed by atoms with Gasteiger partial charge in [0, 0.05) is 7.11 Å². The number of hydrogen-bond donors (Lipinski definition) is 0. The zero-order valence-corrected chi connectivity index (χ0v) is 19.9. The molecule has 0 aliphatic heterocycles. The summed E-state index contributed by atoms with van der Waals surface area (Å²) in [5.41, 5.74) is 0. The largest absolute Gasteiger partial charge is 0.439 e. The van der Waals surface area contributed by atoms with Crippen molar-refractivity contribution in [2.75, 3.05) is 7.11 Å². The van der Waals surface area contributed by atoms with Crippen LogP contribution in [0.4, 0.5) is 0 Å². The molecule has 1 unspecified atom stereocenters. The van der Waals surface area contributed by atoms with Crippen molar-refractivity contribution in [3.05, 3.63) is 0 Å². The number of hydrogen-bond acceptors (Lipinski definition) is 3. The maximum atomic E-state index is 6.14. The van der Waals surface area contributed by atoms with Crippen molar-refractivity contribution in [1.82, 2.24) is 0 Å². The molecule has 0 N–H and O–H groups in total. The molecule has 0 amide bonds. The minimum Gasteiger partial charge on any atom is -0.439 e. The summed E-state index contributed by atoms with van der Waals surface area (Å²) >= 11 is 0. The lowest BCUT2D eigenvalue weighted by Gasteiger charge is -2.33. The molecule has 124 valence electrons. The van der Waals surface area contributed by atoms with Crippen LogP contribution in [-0.2, 0) is 12.7 Å². The Morgan fingerprint density at radius 1 is 0.850 bits per heavy atom. The van der Waals surface area contributed by atoms with Crippen molar-refractivity contribution in [3.63, 3.8) is 0 Å². The Morgan fingerprint density at radius 3 is 1.50 bits per heavy atom. The SMILES string of the molecule is CCC[SiH](C)O[Si](C)(C)O[Si](C)(C)C.CO[Si](C)(C)C. The van der Waals surface area contributed by atoms with Gasteiger partial charge in [-0.3, -0.25) is 0 Å². The Morgan fingerprint density at radius 2 is 1.25 bits per heavy atom. The van der Waals surface area contributed by atoms with Crippen molar-refractivity contribution in [2.45, 2.75) is 78.3 Å². The minimum atomic E-state index is -1.82. The molecular formula is C13H38O3Si4. The van der Waals surface area contributed by atoms with Crippen LogP contribution in [0.25, 0.3) is 0 Å². The third kappa shape index (κ3) is 18.7. The lowest BCUT2D eigenvalue weighted by Crippen LogP contribution is -2.47. The Balaban J connectivity index is 0. The van der Waals surface area contributed by atoms with Gasteiger partial charge in [-0.2, -0.15) is 0 Å².